The fourth-order valence-electron chi connectivity index (χ4n) is 1.98. The number of carbonyl (C=O) groups is 1. The standard InChI is InChI=1S/C15H20N4O2/c1-4-9(2)21-12-7-5-11(6-8-12)13-10(3)14(19-18-13)15(20)17-16/h5-9H,4,16H2,1-3H3,(H,17,20)(H,18,19). The number of nitrogens with one attached hydrogen (secondary N) is 2. The summed E-state index contributed by atoms with van der Waals surface area (Å²) in [7, 11) is 0. The van der Waals surface area contributed by atoms with Crippen LogP contribution in [0.1, 0.15) is 36.3 Å². The van der Waals surface area contributed by atoms with Gasteiger partial charge in [0, 0.05) is 11.1 Å². The predicted molar refractivity (Wildman–Crippen MR) is 80.8 cm³/mol. The van der Waals surface area contributed by atoms with Crippen LogP contribution in [-0.4, -0.2) is 22.2 Å². The van der Waals surface area contributed by atoms with Crippen molar-refractivity contribution in [2.24, 2.45) is 5.84 Å². The molecule has 0 saturated carbocycles. The highest BCUT2D eigenvalue weighted by atomic mass is 16.5. The van der Waals surface area contributed by atoms with Crippen LogP contribution in [0.3, 0.4) is 0 Å². The summed E-state index contributed by atoms with van der Waals surface area (Å²) in [5, 5.41) is 6.89. The van der Waals surface area contributed by atoms with Gasteiger partial charge in [-0.2, -0.15) is 5.10 Å². The molecule has 112 valence electrons. The summed E-state index contributed by atoms with van der Waals surface area (Å²) >= 11 is 0. The molecule has 6 nitrogen and oxygen atoms in total. The Balaban J connectivity index is 2.23. The number of hydrogen-bond donors (Lipinski definition) is 3. The molecule has 1 aromatic heterocycles. The van der Waals surface area contributed by atoms with Gasteiger partial charge in [-0.1, -0.05) is 6.92 Å². The highest BCUT2D eigenvalue weighted by Gasteiger charge is 2.16. The summed E-state index contributed by atoms with van der Waals surface area (Å²) in [6.45, 7) is 5.94. The molecule has 0 aliphatic rings. The Morgan fingerprint density at radius 3 is 2.67 bits per heavy atom. The van der Waals surface area contributed by atoms with E-state index in [0.29, 0.717) is 5.69 Å². The number of aromatic amines is 1. The lowest BCUT2D eigenvalue weighted by molar-refractivity contribution is 0.0948. The van der Waals surface area contributed by atoms with Gasteiger partial charge in [-0.25, -0.2) is 5.84 Å². The molecule has 21 heavy (non-hydrogen) atoms. The highest BCUT2D eigenvalue weighted by molar-refractivity contribution is 5.94. The summed E-state index contributed by atoms with van der Waals surface area (Å²) in [5.41, 5.74) is 4.86. The van der Waals surface area contributed by atoms with Gasteiger partial charge in [0.25, 0.3) is 5.91 Å². The number of nitrogens with two attached hydrogens (primary N) is 1. The fraction of sp³-hybridized carbons (Fsp3) is 0.333. The number of benzene rings is 1. The molecule has 1 unspecified atom stereocenters. The Bertz CT molecular complexity index is 619. The Hall–Kier alpha value is -2.34. The molecule has 1 aromatic carbocycles. The van der Waals surface area contributed by atoms with E-state index in [9.17, 15) is 4.79 Å². The summed E-state index contributed by atoms with van der Waals surface area (Å²) in [6.07, 6.45) is 1.14. The van der Waals surface area contributed by atoms with Gasteiger partial charge >= 0.3 is 0 Å². The topological polar surface area (TPSA) is 93.0 Å². The molecule has 2 rings (SSSR count). The number of H-pyrrole nitrogens is 1. The van der Waals surface area contributed by atoms with Crippen molar-refractivity contribution in [1.29, 1.82) is 0 Å². The Morgan fingerprint density at radius 1 is 1.43 bits per heavy atom. The van der Waals surface area contributed by atoms with Crippen LogP contribution in [-0.2, 0) is 0 Å². The maximum absolute atomic E-state index is 11.6. The van der Waals surface area contributed by atoms with E-state index >= 15 is 0 Å². The number of aromatic nitrogens is 2. The van der Waals surface area contributed by atoms with Crippen LogP contribution in [0.4, 0.5) is 0 Å². The molecule has 0 fully saturated rings. The number of hydrazine groups is 1. The van der Waals surface area contributed by atoms with Gasteiger partial charge in [0.05, 0.1) is 11.8 Å². The lowest BCUT2D eigenvalue weighted by Crippen LogP contribution is -2.30. The van der Waals surface area contributed by atoms with Gasteiger partial charge in [0.2, 0.25) is 0 Å². The third-order valence-electron chi connectivity index (χ3n) is 3.41. The molecule has 0 saturated heterocycles. The first-order chi connectivity index (χ1) is 10.1. The van der Waals surface area contributed by atoms with Crippen LogP contribution in [0.15, 0.2) is 24.3 Å². The minimum atomic E-state index is -0.386. The third-order valence-corrected chi connectivity index (χ3v) is 3.41. The second kappa shape index (κ2) is 6.41. The molecule has 1 amide bonds. The van der Waals surface area contributed by atoms with E-state index in [1.165, 1.54) is 0 Å². The number of ether oxygens (including phenoxy) is 1. The Labute approximate surface area is 123 Å². The number of amides is 1. The number of rotatable bonds is 5. The van der Waals surface area contributed by atoms with Gasteiger partial charge in [0.1, 0.15) is 11.4 Å². The average Bonchev–Trinajstić information content (AvgIpc) is 2.89. The zero-order valence-corrected chi connectivity index (χ0v) is 12.4. The number of hydrogen-bond acceptors (Lipinski definition) is 4. The zero-order valence-electron chi connectivity index (χ0n) is 12.4. The summed E-state index contributed by atoms with van der Waals surface area (Å²) < 4.78 is 5.74. The lowest BCUT2D eigenvalue weighted by atomic mass is 10.1. The van der Waals surface area contributed by atoms with Crippen LogP contribution < -0.4 is 16.0 Å². The van der Waals surface area contributed by atoms with Crippen molar-refractivity contribution in [3.63, 3.8) is 0 Å². The fourth-order valence-corrected chi connectivity index (χ4v) is 1.98. The first kappa shape index (κ1) is 15.1. The van der Waals surface area contributed by atoms with Gasteiger partial charge < -0.3 is 4.74 Å². The highest BCUT2D eigenvalue weighted by Crippen LogP contribution is 2.25. The summed E-state index contributed by atoms with van der Waals surface area (Å²) in [5.74, 6) is 5.57. The van der Waals surface area contributed by atoms with Gasteiger partial charge in [-0.3, -0.25) is 15.3 Å². The molecule has 6 heteroatoms. The maximum atomic E-state index is 11.6. The zero-order chi connectivity index (χ0) is 15.4. The van der Waals surface area contributed by atoms with Gasteiger partial charge in [-0.05, 0) is 44.5 Å². The van der Waals surface area contributed by atoms with Crippen molar-refractivity contribution >= 4 is 5.91 Å². The Morgan fingerprint density at radius 2 is 2.10 bits per heavy atom. The van der Waals surface area contributed by atoms with Crippen LogP contribution in [0.5, 0.6) is 5.75 Å². The number of nitrogen functional groups attached to an aromatic ring is 1. The molecule has 1 heterocycles. The average molecular weight is 288 g/mol. The molecule has 2 aromatic rings. The molecule has 0 aliphatic carbocycles. The monoisotopic (exact) mass is 288 g/mol. The maximum Gasteiger partial charge on any atom is 0.283 e. The second-order valence-electron chi connectivity index (χ2n) is 4.91. The summed E-state index contributed by atoms with van der Waals surface area (Å²) in [4.78, 5) is 11.6. The lowest BCUT2D eigenvalue weighted by Gasteiger charge is -2.12. The predicted octanol–water partition coefficient (Wildman–Crippen LogP) is 2.17. The van der Waals surface area contributed by atoms with E-state index < -0.39 is 0 Å². The van der Waals surface area contributed by atoms with E-state index in [1.807, 2.05) is 38.1 Å². The quantitative estimate of drug-likeness (QED) is 0.446. The smallest absolute Gasteiger partial charge is 0.283 e. The van der Waals surface area contributed by atoms with E-state index in [0.717, 1.165) is 29.0 Å². The second-order valence-corrected chi connectivity index (χ2v) is 4.91. The van der Waals surface area contributed by atoms with Crippen molar-refractivity contribution in [3.05, 3.63) is 35.5 Å². The molecular formula is C15H20N4O2. The first-order valence-electron chi connectivity index (χ1n) is 6.89. The minimum absolute atomic E-state index is 0.183. The van der Waals surface area contributed by atoms with Crippen molar-refractivity contribution in [2.75, 3.05) is 0 Å². The molecule has 0 spiro atoms. The van der Waals surface area contributed by atoms with E-state index in [1.54, 1.807) is 0 Å². The minimum Gasteiger partial charge on any atom is -0.491 e. The van der Waals surface area contributed by atoms with Crippen LogP contribution in [0.2, 0.25) is 0 Å². The SMILES string of the molecule is CCC(C)Oc1ccc(-c2n[nH]c(C(=O)NN)c2C)cc1. The molecule has 0 aliphatic heterocycles. The molecular weight excluding hydrogens is 268 g/mol. The number of carbonyl (C=O) groups excluding carboxylic acids is 1. The van der Waals surface area contributed by atoms with Crippen molar-refractivity contribution in [1.82, 2.24) is 15.6 Å². The van der Waals surface area contributed by atoms with E-state index in [-0.39, 0.29) is 12.0 Å². The van der Waals surface area contributed by atoms with Crippen LogP contribution in [0.25, 0.3) is 11.3 Å². The molecule has 0 bridgehead atoms. The third kappa shape index (κ3) is 3.22. The Kier molecular flexibility index (Phi) is 4.59. The van der Waals surface area contributed by atoms with Gasteiger partial charge in [-0.15, -0.1) is 0 Å². The largest absolute Gasteiger partial charge is 0.491 e. The van der Waals surface area contributed by atoms with Crippen LogP contribution >= 0.6 is 0 Å². The van der Waals surface area contributed by atoms with Crippen molar-refractivity contribution in [2.45, 2.75) is 33.3 Å². The van der Waals surface area contributed by atoms with E-state index in [4.69, 9.17) is 10.6 Å². The molecule has 1 atom stereocenters. The normalized spacial score (nSPS) is 12.0. The number of nitrogens with zero attached hydrogens (tertiary/aromatic N) is 1. The molecule has 0 radical (unpaired) electrons. The van der Waals surface area contributed by atoms with E-state index in [2.05, 4.69) is 22.5 Å². The van der Waals surface area contributed by atoms with Crippen molar-refractivity contribution < 1.29 is 9.53 Å². The summed E-state index contributed by atoms with van der Waals surface area (Å²) in [6, 6.07) is 7.65. The van der Waals surface area contributed by atoms with Crippen LogP contribution in [0, 0.1) is 6.92 Å². The molecule has 4 N–H and O–H groups in total. The first-order valence-corrected chi connectivity index (χ1v) is 6.89. The van der Waals surface area contributed by atoms with Crippen molar-refractivity contribution in [3.8, 4) is 17.0 Å². The van der Waals surface area contributed by atoms with Gasteiger partial charge in [0.15, 0.2) is 0 Å².